The predicted molar refractivity (Wildman–Crippen MR) is 92.7 cm³/mol. The van der Waals surface area contributed by atoms with E-state index in [0.29, 0.717) is 5.69 Å². The molecule has 0 saturated carbocycles. The highest BCUT2D eigenvalue weighted by atomic mass is 19.1. The lowest BCUT2D eigenvalue weighted by Crippen LogP contribution is -2.21. The molecule has 0 aliphatic carbocycles. The zero-order valence-electron chi connectivity index (χ0n) is 14.0. The molecule has 2 rings (SSSR count). The normalized spacial score (nSPS) is 10.0. The molecule has 0 unspecified atom stereocenters. The first kappa shape index (κ1) is 19.5. The SMILES string of the molecule is CC(=O)Nc1ccc(C(=O)OCC(=O)Nc2ccc(F)c([N+](=O)[O-])c2)cc1. The first-order valence-electron chi connectivity index (χ1n) is 7.55. The molecule has 2 aromatic carbocycles. The van der Waals surface area contributed by atoms with E-state index in [1.165, 1.54) is 31.2 Å². The number of carbonyl (C=O) groups is 3. The molecule has 0 atom stereocenters. The maximum absolute atomic E-state index is 13.3. The van der Waals surface area contributed by atoms with Crippen LogP contribution < -0.4 is 10.6 Å². The molecule has 0 aliphatic heterocycles. The highest BCUT2D eigenvalue weighted by Gasteiger charge is 2.16. The second kappa shape index (κ2) is 8.52. The lowest BCUT2D eigenvalue weighted by Gasteiger charge is -2.07. The molecule has 2 N–H and O–H groups in total. The summed E-state index contributed by atoms with van der Waals surface area (Å²) in [4.78, 5) is 44.4. The number of nitrogens with one attached hydrogen (secondary N) is 2. The Bertz CT molecular complexity index is 898. The molecule has 140 valence electrons. The first-order chi connectivity index (χ1) is 12.8. The highest BCUT2D eigenvalue weighted by Crippen LogP contribution is 2.21. The average Bonchev–Trinajstić information content (AvgIpc) is 2.61. The van der Waals surface area contributed by atoms with Gasteiger partial charge in [-0.25, -0.2) is 4.79 Å². The van der Waals surface area contributed by atoms with E-state index in [4.69, 9.17) is 4.74 Å². The van der Waals surface area contributed by atoms with E-state index in [1.807, 2.05) is 0 Å². The van der Waals surface area contributed by atoms with Gasteiger partial charge >= 0.3 is 11.7 Å². The Morgan fingerprint density at radius 2 is 1.70 bits per heavy atom. The summed E-state index contributed by atoms with van der Waals surface area (Å²) in [5.74, 6) is -2.82. The molecule has 0 spiro atoms. The molecule has 0 fully saturated rings. The van der Waals surface area contributed by atoms with Gasteiger partial charge in [0.1, 0.15) is 0 Å². The number of carbonyl (C=O) groups excluding carboxylic acids is 3. The minimum Gasteiger partial charge on any atom is -0.452 e. The van der Waals surface area contributed by atoms with Gasteiger partial charge in [-0.15, -0.1) is 0 Å². The molecule has 0 bridgehead atoms. The molecule has 0 radical (unpaired) electrons. The van der Waals surface area contributed by atoms with Crippen molar-refractivity contribution in [1.82, 2.24) is 0 Å². The fourth-order valence-corrected chi connectivity index (χ4v) is 2.03. The molecule has 0 saturated heterocycles. The van der Waals surface area contributed by atoms with Gasteiger partial charge in [-0.2, -0.15) is 4.39 Å². The van der Waals surface area contributed by atoms with Crippen LogP contribution in [-0.4, -0.2) is 29.3 Å². The standard InChI is InChI=1S/C17H14FN3O6/c1-10(22)19-12-4-2-11(3-5-12)17(24)27-9-16(23)20-13-6-7-14(18)15(8-13)21(25)26/h2-8H,9H2,1H3,(H,19,22)(H,20,23). The second-order valence-corrected chi connectivity index (χ2v) is 5.31. The topological polar surface area (TPSA) is 128 Å². The van der Waals surface area contributed by atoms with Gasteiger partial charge in [0.05, 0.1) is 10.5 Å². The number of esters is 1. The Hall–Kier alpha value is -3.82. The quantitative estimate of drug-likeness (QED) is 0.454. The van der Waals surface area contributed by atoms with Crippen molar-refractivity contribution in [2.75, 3.05) is 17.2 Å². The third-order valence-electron chi connectivity index (χ3n) is 3.20. The van der Waals surface area contributed by atoms with Gasteiger partial charge in [-0.1, -0.05) is 0 Å². The van der Waals surface area contributed by atoms with Crippen LogP contribution >= 0.6 is 0 Å². The van der Waals surface area contributed by atoms with E-state index in [9.17, 15) is 28.9 Å². The van der Waals surface area contributed by atoms with Crippen molar-refractivity contribution in [2.45, 2.75) is 6.92 Å². The number of nitro benzene ring substituents is 1. The smallest absolute Gasteiger partial charge is 0.338 e. The Morgan fingerprint density at radius 1 is 1.07 bits per heavy atom. The van der Waals surface area contributed by atoms with Gasteiger partial charge in [0.25, 0.3) is 5.91 Å². The maximum Gasteiger partial charge on any atom is 0.338 e. The van der Waals surface area contributed by atoms with Gasteiger partial charge in [0.2, 0.25) is 11.7 Å². The molecule has 2 amide bonds. The van der Waals surface area contributed by atoms with E-state index >= 15 is 0 Å². The van der Waals surface area contributed by atoms with Crippen LogP contribution in [0.3, 0.4) is 0 Å². The number of nitrogens with zero attached hydrogens (tertiary/aromatic N) is 1. The van der Waals surface area contributed by atoms with Crippen LogP contribution in [-0.2, 0) is 14.3 Å². The zero-order chi connectivity index (χ0) is 20.0. The van der Waals surface area contributed by atoms with Crippen LogP contribution in [0.2, 0.25) is 0 Å². The molecular formula is C17H14FN3O6. The third-order valence-corrected chi connectivity index (χ3v) is 3.20. The van der Waals surface area contributed by atoms with Crippen molar-refractivity contribution in [2.24, 2.45) is 0 Å². The molecule has 9 nitrogen and oxygen atoms in total. The van der Waals surface area contributed by atoms with Crippen molar-refractivity contribution in [3.63, 3.8) is 0 Å². The van der Waals surface area contributed by atoms with Crippen molar-refractivity contribution in [3.8, 4) is 0 Å². The van der Waals surface area contributed by atoms with Crippen LogP contribution in [0.5, 0.6) is 0 Å². The molecule has 0 heterocycles. The van der Waals surface area contributed by atoms with Gasteiger partial charge < -0.3 is 15.4 Å². The van der Waals surface area contributed by atoms with Gasteiger partial charge in [-0.3, -0.25) is 19.7 Å². The predicted octanol–water partition coefficient (Wildman–Crippen LogP) is 2.49. The molecule has 10 heteroatoms. The van der Waals surface area contributed by atoms with Gasteiger partial charge in [0.15, 0.2) is 6.61 Å². The number of hydrogen-bond acceptors (Lipinski definition) is 6. The Morgan fingerprint density at radius 3 is 2.30 bits per heavy atom. The first-order valence-corrected chi connectivity index (χ1v) is 7.55. The van der Waals surface area contributed by atoms with Crippen LogP contribution in [0, 0.1) is 15.9 Å². The van der Waals surface area contributed by atoms with E-state index in [-0.39, 0.29) is 17.2 Å². The fraction of sp³-hybridized carbons (Fsp3) is 0.118. The lowest BCUT2D eigenvalue weighted by atomic mass is 10.2. The number of hydrogen-bond donors (Lipinski definition) is 2. The van der Waals surface area contributed by atoms with Crippen LogP contribution in [0.25, 0.3) is 0 Å². The lowest BCUT2D eigenvalue weighted by molar-refractivity contribution is -0.387. The maximum atomic E-state index is 13.3. The van der Waals surface area contributed by atoms with Crippen molar-refractivity contribution >= 4 is 34.8 Å². The molecule has 0 aromatic heterocycles. The minimum atomic E-state index is -1.04. The van der Waals surface area contributed by atoms with Gasteiger partial charge in [-0.05, 0) is 36.4 Å². The average molecular weight is 375 g/mol. The number of ether oxygens (including phenoxy) is 1. The Balaban J connectivity index is 1.91. The van der Waals surface area contributed by atoms with Crippen LogP contribution in [0.15, 0.2) is 42.5 Å². The largest absolute Gasteiger partial charge is 0.452 e. The summed E-state index contributed by atoms with van der Waals surface area (Å²) in [6, 6.07) is 8.66. The van der Waals surface area contributed by atoms with Crippen molar-refractivity contribution in [3.05, 3.63) is 64.0 Å². The molecule has 0 aliphatic rings. The summed E-state index contributed by atoms with van der Waals surface area (Å²) >= 11 is 0. The van der Waals surface area contributed by atoms with Crippen LogP contribution in [0.4, 0.5) is 21.5 Å². The number of nitro groups is 1. The number of benzene rings is 2. The molecule has 27 heavy (non-hydrogen) atoms. The van der Waals surface area contributed by atoms with E-state index in [1.54, 1.807) is 0 Å². The number of rotatable bonds is 6. The van der Waals surface area contributed by atoms with E-state index < -0.39 is 34.9 Å². The molecule has 2 aromatic rings. The summed E-state index contributed by atoms with van der Waals surface area (Å²) in [5.41, 5.74) is -0.142. The van der Waals surface area contributed by atoms with Crippen molar-refractivity contribution in [1.29, 1.82) is 0 Å². The summed E-state index contributed by atoms with van der Waals surface area (Å²) < 4.78 is 18.1. The number of halogens is 1. The summed E-state index contributed by atoms with van der Waals surface area (Å²) in [6.45, 7) is 0.702. The third kappa shape index (κ3) is 5.59. The number of anilines is 2. The van der Waals surface area contributed by atoms with Gasteiger partial charge in [0, 0.05) is 24.4 Å². The summed E-state index contributed by atoms with van der Waals surface area (Å²) in [7, 11) is 0. The fourth-order valence-electron chi connectivity index (χ4n) is 2.03. The summed E-state index contributed by atoms with van der Waals surface area (Å²) in [5, 5.41) is 15.5. The second-order valence-electron chi connectivity index (χ2n) is 5.31. The minimum absolute atomic E-state index is 0.0104. The zero-order valence-corrected chi connectivity index (χ0v) is 14.0. The Labute approximate surface area is 152 Å². The monoisotopic (exact) mass is 375 g/mol. The number of amides is 2. The van der Waals surface area contributed by atoms with Crippen LogP contribution in [0.1, 0.15) is 17.3 Å². The van der Waals surface area contributed by atoms with Crippen molar-refractivity contribution < 1.29 is 28.4 Å². The summed E-state index contributed by atoms with van der Waals surface area (Å²) in [6.07, 6.45) is 0. The van der Waals surface area contributed by atoms with E-state index in [2.05, 4.69) is 10.6 Å². The van der Waals surface area contributed by atoms with E-state index in [0.717, 1.165) is 18.2 Å². The Kier molecular flexibility index (Phi) is 6.15. The highest BCUT2D eigenvalue weighted by molar-refractivity contribution is 5.96. The molecular weight excluding hydrogens is 361 g/mol.